The maximum Gasteiger partial charge on any atom is 0.269 e. The molecular weight excluding hydrogens is 392 g/mol. The number of carbonyl (C=O) groups excluding carboxylic acids is 1. The van der Waals surface area contributed by atoms with E-state index < -0.39 is 0 Å². The second kappa shape index (κ2) is 6.92. The number of nitriles is 1. The van der Waals surface area contributed by atoms with Gasteiger partial charge in [-0.3, -0.25) is 10.1 Å². The Morgan fingerprint density at radius 3 is 2.61 bits per heavy atom. The number of thiazole rings is 1. The van der Waals surface area contributed by atoms with Crippen LogP contribution in [0.5, 0.6) is 0 Å². The summed E-state index contributed by atoms with van der Waals surface area (Å²) in [6.07, 6.45) is 0. The molecule has 0 aliphatic carbocycles. The fourth-order valence-corrected chi connectivity index (χ4v) is 4.60. The number of aryl methyl sites for hydroxylation is 1. The predicted octanol–water partition coefficient (Wildman–Crippen LogP) is 4.02. The summed E-state index contributed by atoms with van der Waals surface area (Å²) in [5, 5.41) is 15.3. The van der Waals surface area contributed by atoms with Gasteiger partial charge in [0.2, 0.25) is 0 Å². The molecule has 3 aromatic heterocycles. The average Bonchev–Trinajstić information content (AvgIpc) is 3.24. The second-order valence-electron chi connectivity index (χ2n) is 6.00. The van der Waals surface area contributed by atoms with Crippen LogP contribution in [-0.2, 0) is 0 Å². The first kappa shape index (κ1) is 17.9. The number of aromatic nitrogens is 2. The van der Waals surface area contributed by atoms with Crippen molar-refractivity contribution >= 4 is 55.4 Å². The van der Waals surface area contributed by atoms with Gasteiger partial charge in [0, 0.05) is 16.3 Å². The van der Waals surface area contributed by atoms with Crippen LogP contribution in [0.1, 0.15) is 20.9 Å². The van der Waals surface area contributed by atoms with E-state index >= 15 is 0 Å². The van der Waals surface area contributed by atoms with Crippen molar-refractivity contribution in [3.8, 4) is 17.2 Å². The van der Waals surface area contributed by atoms with Crippen LogP contribution in [0.2, 0.25) is 0 Å². The highest BCUT2D eigenvalue weighted by Crippen LogP contribution is 2.42. The Hall–Kier alpha value is -3.48. The van der Waals surface area contributed by atoms with Gasteiger partial charge in [0.25, 0.3) is 5.91 Å². The first-order chi connectivity index (χ1) is 13.5. The Kier molecular flexibility index (Phi) is 4.43. The Morgan fingerprint density at radius 1 is 1.21 bits per heavy atom. The maximum absolute atomic E-state index is 12.8. The van der Waals surface area contributed by atoms with Gasteiger partial charge in [-0.15, -0.1) is 22.7 Å². The van der Waals surface area contributed by atoms with Gasteiger partial charge in [-0.2, -0.15) is 5.26 Å². The molecule has 0 aliphatic rings. The largest absolute Gasteiger partial charge is 0.397 e. The predicted molar refractivity (Wildman–Crippen MR) is 113 cm³/mol. The third-order valence-corrected chi connectivity index (χ3v) is 6.10. The number of fused-ring (bicyclic) bond motifs is 1. The number of hydrogen-bond acceptors (Lipinski definition) is 8. The Balaban J connectivity index is 1.91. The standard InChI is InChI=1S/C19H14N6OS2/c1-9-8-27-19(23-9)25-17(26)15-14(21)13-12(10-5-3-2-4-6-10)11(7-20)16(22)24-18(13)28-15/h2-6,8H,21H2,1H3,(H2,22,24)(H,23,25,26). The molecular formula is C19H14N6OS2. The van der Waals surface area contributed by atoms with Crippen LogP contribution in [0, 0.1) is 18.3 Å². The van der Waals surface area contributed by atoms with E-state index in [2.05, 4.69) is 21.4 Å². The number of amides is 1. The highest BCUT2D eigenvalue weighted by molar-refractivity contribution is 7.21. The number of nitrogen functional groups attached to an aromatic ring is 2. The molecule has 5 N–H and O–H groups in total. The number of pyridine rings is 1. The summed E-state index contributed by atoms with van der Waals surface area (Å²) in [4.78, 5) is 22.1. The summed E-state index contributed by atoms with van der Waals surface area (Å²) < 4.78 is 0. The lowest BCUT2D eigenvalue weighted by Gasteiger charge is -2.09. The molecule has 0 spiro atoms. The molecule has 7 nitrogen and oxygen atoms in total. The van der Waals surface area contributed by atoms with Crippen LogP contribution in [0.25, 0.3) is 21.3 Å². The zero-order valence-electron chi connectivity index (χ0n) is 14.7. The smallest absolute Gasteiger partial charge is 0.269 e. The van der Waals surface area contributed by atoms with Gasteiger partial charge in [-0.25, -0.2) is 9.97 Å². The number of nitrogens with one attached hydrogen (secondary N) is 1. The van der Waals surface area contributed by atoms with E-state index in [4.69, 9.17) is 11.5 Å². The van der Waals surface area contributed by atoms with Gasteiger partial charge in [0.15, 0.2) is 5.13 Å². The number of nitrogens with zero attached hydrogens (tertiary/aromatic N) is 3. The monoisotopic (exact) mass is 406 g/mol. The van der Waals surface area contributed by atoms with Gasteiger partial charge < -0.3 is 11.5 Å². The van der Waals surface area contributed by atoms with Gasteiger partial charge >= 0.3 is 0 Å². The van der Waals surface area contributed by atoms with Crippen LogP contribution in [0.3, 0.4) is 0 Å². The minimum absolute atomic E-state index is 0.109. The van der Waals surface area contributed by atoms with Crippen LogP contribution < -0.4 is 16.8 Å². The molecule has 0 saturated carbocycles. The molecule has 4 aromatic rings. The van der Waals surface area contributed by atoms with Gasteiger partial charge in [0.05, 0.1) is 11.4 Å². The highest BCUT2D eigenvalue weighted by atomic mass is 32.1. The van der Waals surface area contributed by atoms with Crippen molar-refractivity contribution in [2.45, 2.75) is 6.92 Å². The zero-order valence-corrected chi connectivity index (χ0v) is 16.3. The number of hydrogen-bond donors (Lipinski definition) is 3. The van der Waals surface area contributed by atoms with Gasteiger partial charge in [-0.1, -0.05) is 30.3 Å². The topological polar surface area (TPSA) is 131 Å². The molecule has 0 radical (unpaired) electrons. The molecule has 0 unspecified atom stereocenters. The summed E-state index contributed by atoms with van der Waals surface area (Å²) in [5.41, 5.74) is 15.1. The second-order valence-corrected chi connectivity index (χ2v) is 7.86. The Labute approximate surface area is 168 Å². The Morgan fingerprint density at radius 2 is 1.96 bits per heavy atom. The van der Waals surface area contributed by atoms with E-state index in [9.17, 15) is 10.1 Å². The van der Waals surface area contributed by atoms with Crippen LogP contribution >= 0.6 is 22.7 Å². The van der Waals surface area contributed by atoms with E-state index in [1.54, 1.807) is 0 Å². The van der Waals surface area contributed by atoms with Gasteiger partial charge in [0.1, 0.15) is 27.2 Å². The summed E-state index contributed by atoms with van der Waals surface area (Å²) >= 11 is 2.48. The van der Waals surface area contributed by atoms with Crippen LogP contribution in [-0.4, -0.2) is 15.9 Å². The van der Waals surface area contributed by atoms with Crippen molar-refractivity contribution in [1.29, 1.82) is 5.26 Å². The number of nitrogens with two attached hydrogens (primary N) is 2. The molecule has 28 heavy (non-hydrogen) atoms. The van der Waals surface area contributed by atoms with E-state index in [0.717, 1.165) is 22.6 Å². The summed E-state index contributed by atoms with van der Waals surface area (Å²) in [6, 6.07) is 11.4. The van der Waals surface area contributed by atoms with Crippen molar-refractivity contribution in [2.75, 3.05) is 16.8 Å². The number of anilines is 3. The molecule has 1 aromatic carbocycles. The van der Waals surface area contributed by atoms with Crippen molar-refractivity contribution in [1.82, 2.24) is 9.97 Å². The lowest BCUT2D eigenvalue weighted by Crippen LogP contribution is -2.11. The minimum atomic E-state index is -0.369. The molecule has 9 heteroatoms. The normalized spacial score (nSPS) is 10.7. The lowest BCUT2D eigenvalue weighted by atomic mass is 9.97. The third-order valence-electron chi connectivity index (χ3n) is 4.12. The number of rotatable bonds is 3. The summed E-state index contributed by atoms with van der Waals surface area (Å²) in [7, 11) is 0. The van der Waals surface area contributed by atoms with E-state index in [-0.39, 0.29) is 23.0 Å². The van der Waals surface area contributed by atoms with E-state index in [1.165, 1.54) is 11.3 Å². The number of benzene rings is 1. The van der Waals surface area contributed by atoms with Crippen molar-refractivity contribution < 1.29 is 4.79 Å². The van der Waals surface area contributed by atoms with E-state index in [0.29, 0.717) is 25.8 Å². The van der Waals surface area contributed by atoms with Gasteiger partial charge in [-0.05, 0) is 12.5 Å². The zero-order chi connectivity index (χ0) is 19.8. The molecule has 0 saturated heterocycles. The number of thiophene rings is 1. The Bertz CT molecular complexity index is 1250. The molecule has 1 amide bonds. The molecule has 0 bridgehead atoms. The highest BCUT2D eigenvalue weighted by Gasteiger charge is 2.24. The molecule has 0 atom stereocenters. The number of carbonyl (C=O) groups is 1. The van der Waals surface area contributed by atoms with Crippen molar-refractivity contribution in [3.05, 3.63) is 51.8 Å². The molecule has 4 rings (SSSR count). The van der Waals surface area contributed by atoms with Crippen molar-refractivity contribution in [3.63, 3.8) is 0 Å². The first-order valence-corrected chi connectivity index (χ1v) is 9.89. The quantitative estimate of drug-likeness (QED) is 0.471. The molecule has 0 fully saturated rings. The fraction of sp³-hybridized carbons (Fsp3) is 0.0526. The fourth-order valence-electron chi connectivity index (χ4n) is 2.91. The average molecular weight is 406 g/mol. The lowest BCUT2D eigenvalue weighted by molar-refractivity contribution is 0.103. The summed E-state index contributed by atoms with van der Waals surface area (Å²) in [5.74, 6) is -0.261. The SMILES string of the molecule is Cc1csc(NC(=O)c2sc3nc(N)c(C#N)c(-c4ccccc4)c3c2N)n1. The molecule has 3 heterocycles. The first-order valence-electron chi connectivity index (χ1n) is 8.20. The third kappa shape index (κ3) is 2.94. The van der Waals surface area contributed by atoms with Crippen LogP contribution in [0.4, 0.5) is 16.6 Å². The molecule has 0 aliphatic heterocycles. The molecule has 138 valence electrons. The van der Waals surface area contributed by atoms with E-state index in [1.807, 2.05) is 42.6 Å². The maximum atomic E-state index is 12.8. The summed E-state index contributed by atoms with van der Waals surface area (Å²) in [6.45, 7) is 1.85. The van der Waals surface area contributed by atoms with Crippen LogP contribution in [0.15, 0.2) is 35.7 Å². The minimum Gasteiger partial charge on any atom is -0.397 e. The van der Waals surface area contributed by atoms with Crippen molar-refractivity contribution in [2.24, 2.45) is 0 Å².